The average Bonchev–Trinajstić information content (AvgIpc) is 2.15. The number of terminal acetylenes is 1. The molecule has 0 aliphatic rings. The predicted octanol–water partition coefficient (Wildman–Crippen LogP) is 2.53. The molecule has 84 valence electrons. The highest BCUT2D eigenvalue weighted by Gasteiger charge is 2.18. The Morgan fingerprint density at radius 1 is 1.44 bits per heavy atom. The first kappa shape index (κ1) is 12.8. The molecule has 1 N–H and O–H groups in total. The van der Waals surface area contributed by atoms with Crippen molar-refractivity contribution in [3.8, 4) is 12.3 Å². The second-order valence-electron chi connectivity index (χ2n) is 3.72. The number of carbonyl (C=O) groups is 1. The van der Waals surface area contributed by atoms with Gasteiger partial charge in [0.25, 0.3) is 5.91 Å². The Balaban J connectivity index is 2.94. The number of halogens is 2. The first-order chi connectivity index (χ1) is 7.34. The van der Waals surface area contributed by atoms with Crippen molar-refractivity contribution in [1.82, 2.24) is 10.3 Å². The molecular weight excluding hydrogens is 247 g/mol. The van der Waals surface area contributed by atoms with Gasteiger partial charge in [-0.2, -0.15) is 0 Å². The maximum Gasteiger partial charge on any atom is 0.252 e. The Kier molecular flexibility index (Phi) is 3.79. The summed E-state index contributed by atoms with van der Waals surface area (Å²) in [7, 11) is 0. The number of carbonyl (C=O) groups excluding carboxylic acids is 1. The van der Waals surface area contributed by atoms with Crippen molar-refractivity contribution in [3.63, 3.8) is 0 Å². The maximum absolute atomic E-state index is 11.8. The van der Waals surface area contributed by atoms with Crippen LogP contribution in [0.5, 0.6) is 0 Å². The Morgan fingerprint density at radius 2 is 1.94 bits per heavy atom. The molecule has 0 aromatic carbocycles. The quantitative estimate of drug-likeness (QED) is 0.653. The predicted molar refractivity (Wildman–Crippen MR) is 64.6 cm³/mol. The molecule has 0 saturated carbocycles. The summed E-state index contributed by atoms with van der Waals surface area (Å²) in [6.07, 6.45) is 5.26. The summed E-state index contributed by atoms with van der Waals surface area (Å²) in [4.78, 5) is 15.5. The molecule has 5 heteroatoms. The number of rotatable bonds is 2. The summed E-state index contributed by atoms with van der Waals surface area (Å²) in [5.74, 6) is 2.12. The van der Waals surface area contributed by atoms with Gasteiger partial charge in [-0.25, -0.2) is 4.98 Å². The van der Waals surface area contributed by atoms with E-state index in [9.17, 15) is 4.79 Å². The minimum atomic E-state index is -0.723. The van der Waals surface area contributed by atoms with Gasteiger partial charge in [0.05, 0.1) is 5.54 Å². The molecule has 0 aliphatic carbocycles. The van der Waals surface area contributed by atoms with Gasteiger partial charge in [-0.05, 0) is 26.0 Å². The molecule has 0 fully saturated rings. The van der Waals surface area contributed by atoms with Gasteiger partial charge >= 0.3 is 0 Å². The van der Waals surface area contributed by atoms with Gasteiger partial charge < -0.3 is 5.32 Å². The number of hydrogen-bond acceptors (Lipinski definition) is 2. The third-order valence-electron chi connectivity index (χ3n) is 1.81. The lowest BCUT2D eigenvalue weighted by molar-refractivity contribution is 0.0930. The van der Waals surface area contributed by atoms with E-state index in [1.807, 2.05) is 0 Å². The minimum Gasteiger partial charge on any atom is -0.336 e. The number of amides is 1. The van der Waals surface area contributed by atoms with Crippen LogP contribution in [0.25, 0.3) is 0 Å². The van der Waals surface area contributed by atoms with Gasteiger partial charge in [-0.1, -0.05) is 29.1 Å². The third-order valence-corrected chi connectivity index (χ3v) is 2.20. The fraction of sp³-hybridized carbons (Fsp3) is 0.273. The minimum absolute atomic E-state index is 0.163. The van der Waals surface area contributed by atoms with E-state index in [-0.39, 0.29) is 16.2 Å². The van der Waals surface area contributed by atoms with Crippen LogP contribution in [0.3, 0.4) is 0 Å². The summed E-state index contributed by atoms with van der Waals surface area (Å²) in [5, 5.41) is 2.98. The molecule has 1 amide bonds. The molecule has 0 atom stereocenters. The van der Waals surface area contributed by atoms with Gasteiger partial charge in [-0.3, -0.25) is 4.79 Å². The molecule has 3 nitrogen and oxygen atoms in total. The van der Waals surface area contributed by atoms with Crippen LogP contribution >= 0.6 is 23.2 Å². The summed E-state index contributed by atoms with van der Waals surface area (Å²) in [6.45, 7) is 3.44. The van der Waals surface area contributed by atoms with E-state index in [1.165, 1.54) is 12.1 Å². The van der Waals surface area contributed by atoms with Crippen molar-refractivity contribution in [3.05, 3.63) is 28.0 Å². The molecule has 1 heterocycles. The normalized spacial score (nSPS) is 10.7. The first-order valence-corrected chi connectivity index (χ1v) is 5.23. The number of nitrogens with zero attached hydrogens (tertiary/aromatic N) is 1. The molecule has 0 bridgehead atoms. The van der Waals surface area contributed by atoms with Crippen LogP contribution in [-0.2, 0) is 0 Å². The van der Waals surface area contributed by atoms with Gasteiger partial charge in [0.2, 0.25) is 0 Å². The second kappa shape index (κ2) is 4.73. The molecule has 0 spiro atoms. The fourth-order valence-electron chi connectivity index (χ4n) is 0.988. The number of pyridine rings is 1. The van der Waals surface area contributed by atoms with E-state index >= 15 is 0 Å². The fourth-order valence-corrected chi connectivity index (χ4v) is 1.45. The first-order valence-electron chi connectivity index (χ1n) is 4.47. The molecule has 0 unspecified atom stereocenters. The monoisotopic (exact) mass is 256 g/mol. The maximum atomic E-state index is 11.8. The molecular formula is C11H10Cl2N2O. The topological polar surface area (TPSA) is 42.0 Å². The highest BCUT2D eigenvalue weighted by Crippen LogP contribution is 2.15. The van der Waals surface area contributed by atoms with E-state index in [2.05, 4.69) is 16.2 Å². The Labute approximate surface area is 104 Å². The highest BCUT2D eigenvalue weighted by atomic mass is 35.5. The number of nitrogens with one attached hydrogen (secondary N) is 1. The number of aromatic nitrogens is 1. The Morgan fingerprint density at radius 3 is 2.38 bits per heavy atom. The molecule has 0 saturated heterocycles. The zero-order valence-electron chi connectivity index (χ0n) is 8.84. The summed E-state index contributed by atoms with van der Waals surface area (Å²) in [5.41, 5.74) is -0.396. The zero-order valence-corrected chi connectivity index (χ0v) is 10.4. The van der Waals surface area contributed by atoms with Crippen molar-refractivity contribution in [1.29, 1.82) is 0 Å². The number of hydrogen-bond donors (Lipinski definition) is 1. The van der Waals surface area contributed by atoms with Gasteiger partial charge in [0.15, 0.2) is 0 Å². The molecule has 1 aromatic rings. The largest absolute Gasteiger partial charge is 0.336 e. The molecule has 0 radical (unpaired) electrons. The average molecular weight is 257 g/mol. The standard InChI is InChI=1S/C11H10Cl2N2O/c1-4-11(2,3)15-10(16)7-5-8(12)14-9(13)6-7/h1,5-6H,2-3H3,(H,15,16). The summed E-state index contributed by atoms with van der Waals surface area (Å²) < 4.78 is 0. The zero-order chi connectivity index (χ0) is 12.3. The SMILES string of the molecule is C#CC(C)(C)NC(=O)c1cc(Cl)nc(Cl)c1. The highest BCUT2D eigenvalue weighted by molar-refractivity contribution is 6.33. The van der Waals surface area contributed by atoms with Crippen LogP contribution in [0.15, 0.2) is 12.1 Å². The van der Waals surface area contributed by atoms with Crippen LogP contribution in [0, 0.1) is 12.3 Å². The van der Waals surface area contributed by atoms with E-state index in [1.54, 1.807) is 13.8 Å². The van der Waals surface area contributed by atoms with E-state index in [4.69, 9.17) is 29.6 Å². The van der Waals surface area contributed by atoms with E-state index in [0.717, 1.165) is 0 Å². The van der Waals surface area contributed by atoms with Crippen molar-refractivity contribution in [2.75, 3.05) is 0 Å². The van der Waals surface area contributed by atoms with Crippen molar-refractivity contribution >= 4 is 29.1 Å². The molecule has 1 rings (SSSR count). The molecule has 1 aromatic heterocycles. The molecule has 16 heavy (non-hydrogen) atoms. The lowest BCUT2D eigenvalue weighted by atomic mass is 10.1. The third kappa shape index (κ3) is 3.41. The van der Waals surface area contributed by atoms with Crippen LogP contribution < -0.4 is 5.32 Å². The molecule has 0 aliphatic heterocycles. The summed E-state index contributed by atoms with van der Waals surface area (Å²) >= 11 is 11.4. The van der Waals surface area contributed by atoms with Crippen molar-refractivity contribution in [2.24, 2.45) is 0 Å². The van der Waals surface area contributed by atoms with E-state index in [0.29, 0.717) is 5.56 Å². The van der Waals surface area contributed by atoms with Crippen LogP contribution in [0.1, 0.15) is 24.2 Å². The lowest BCUT2D eigenvalue weighted by Crippen LogP contribution is -2.42. The van der Waals surface area contributed by atoms with Crippen LogP contribution in [-0.4, -0.2) is 16.4 Å². The van der Waals surface area contributed by atoms with Crippen LogP contribution in [0.2, 0.25) is 10.3 Å². The van der Waals surface area contributed by atoms with Gasteiger partial charge in [0.1, 0.15) is 10.3 Å². The van der Waals surface area contributed by atoms with Gasteiger partial charge in [-0.15, -0.1) is 6.42 Å². The lowest BCUT2D eigenvalue weighted by Gasteiger charge is -2.19. The smallest absolute Gasteiger partial charge is 0.252 e. The second-order valence-corrected chi connectivity index (χ2v) is 4.50. The van der Waals surface area contributed by atoms with Crippen molar-refractivity contribution in [2.45, 2.75) is 19.4 Å². The van der Waals surface area contributed by atoms with Crippen molar-refractivity contribution < 1.29 is 4.79 Å². The van der Waals surface area contributed by atoms with Crippen LogP contribution in [0.4, 0.5) is 0 Å². The van der Waals surface area contributed by atoms with Gasteiger partial charge in [0, 0.05) is 5.56 Å². The van der Waals surface area contributed by atoms with E-state index < -0.39 is 5.54 Å². The summed E-state index contributed by atoms with van der Waals surface area (Å²) in [6, 6.07) is 2.85. The Hall–Kier alpha value is -1.24. The Bertz CT molecular complexity index is 443.